The van der Waals surface area contributed by atoms with Crippen molar-refractivity contribution in [1.82, 2.24) is 0 Å². The minimum absolute atomic E-state index is 0.0592. The van der Waals surface area contributed by atoms with Crippen molar-refractivity contribution in [1.29, 1.82) is 0 Å². The summed E-state index contributed by atoms with van der Waals surface area (Å²) in [6, 6.07) is 7.76. The Morgan fingerprint density at radius 1 is 0.960 bits per heavy atom. The third kappa shape index (κ3) is 5.25. The van der Waals surface area contributed by atoms with Gasteiger partial charge in [-0.05, 0) is 68.1 Å². The number of benzene rings is 2. The summed E-state index contributed by atoms with van der Waals surface area (Å²) in [4.78, 5) is 0. The van der Waals surface area contributed by atoms with Gasteiger partial charge >= 0.3 is 0 Å². The molecule has 25 heavy (non-hydrogen) atoms. The molecule has 0 heterocycles. The molecular formula is C20H24F2O3. The van der Waals surface area contributed by atoms with Gasteiger partial charge in [0.25, 0.3) is 0 Å². The van der Waals surface area contributed by atoms with E-state index < -0.39 is 17.4 Å². The van der Waals surface area contributed by atoms with Crippen molar-refractivity contribution in [3.05, 3.63) is 53.1 Å². The number of aliphatic hydroxyl groups is 1. The molecule has 0 bridgehead atoms. The summed E-state index contributed by atoms with van der Waals surface area (Å²) < 4.78 is 39.2. The Kier molecular flexibility index (Phi) is 6.14. The zero-order chi connectivity index (χ0) is 18.6. The highest BCUT2D eigenvalue weighted by atomic mass is 19.1. The second-order valence-corrected chi connectivity index (χ2v) is 6.88. The van der Waals surface area contributed by atoms with E-state index in [1.165, 1.54) is 12.1 Å². The monoisotopic (exact) mass is 350 g/mol. The average molecular weight is 350 g/mol. The van der Waals surface area contributed by atoms with E-state index in [-0.39, 0.29) is 25.4 Å². The molecule has 0 saturated carbocycles. The molecule has 3 nitrogen and oxygen atoms in total. The summed E-state index contributed by atoms with van der Waals surface area (Å²) in [6.45, 7) is 7.72. The van der Waals surface area contributed by atoms with Gasteiger partial charge in [0.1, 0.15) is 6.61 Å². The van der Waals surface area contributed by atoms with E-state index in [4.69, 9.17) is 9.47 Å². The fraction of sp³-hybridized carbons (Fsp3) is 0.400. The van der Waals surface area contributed by atoms with Crippen LogP contribution in [0.1, 0.15) is 31.9 Å². The smallest absolute Gasteiger partial charge is 0.190 e. The summed E-state index contributed by atoms with van der Waals surface area (Å²) in [7, 11) is 0. The van der Waals surface area contributed by atoms with E-state index >= 15 is 0 Å². The van der Waals surface area contributed by atoms with Crippen molar-refractivity contribution in [3.8, 4) is 16.9 Å². The van der Waals surface area contributed by atoms with E-state index in [0.29, 0.717) is 11.1 Å². The molecule has 0 aliphatic rings. The maximum atomic E-state index is 14.3. The van der Waals surface area contributed by atoms with Crippen LogP contribution in [0.3, 0.4) is 0 Å². The lowest BCUT2D eigenvalue weighted by Gasteiger charge is -2.19. The maximum absolute atomic E-state index is 14.3. The van der Waals surface area contributed by atoms with Gasteiger partial charge in [-0.25, -0.2) is 8.78 Å². The predicted octanol–water partition coefficient (Wildman–Crippen LogP) is 4.63. The lowest BCUT2D eigenvalue weighted by atomic mass is 9.99. The third-order valence-electron chi connectivity index (χ3n) is 3.72. The first-order chi connectivity index (χ1) is 11.7. The molecule has 0 unspecified atom stereocenters. The Morgan fingerprint density at radius 2 is 1.60 bits per heavy atom. The van der Waals surface area contributed by atoms with Crippen LogP contribution in [0.15, 0.2) is 30.3 Å². The topological polar surface area (TPSA) is 38.7 Å². The van der Waals surface area contributed by atoms with Gasteiger partial charge in [-0.3, -0.25) is 0 Å². The number of hydrogen-bond donors (Lipinski definition) is 1. The zero-order valence-corrected chi connectivity index (χ0v) is 15.0. The van der Waals surface area contributed by atoms with Crippen molar-refractivity contribution in [2.24, 2.45) is 0 Å². The van der Waals surface area contributed by atoms with E-state index in [1.54, 1.807) is 12.1 Å². The van der Waals surface area contributed by atoms with Crippen LogP contribution in [0.25, 0.3) is 11.1 Å². The molecule has 0 fully saturated rings. The fourth-order valence-electron chi connectivity index (χ4n) is 2.38. The van der Waals surface area contributed by atoms with Gasteiger partial charge in [0.05, 0.1) is 18.8 Å². The summed E-state index contributed by atoms with van der Waals surface area (Å²) in [5.41, 5.74) is 2.34. The first-order valence-electron chi connectivity index (χ1n) is 8.18. The van der Waals surface area contributed by atoms with E-state index in [2.05, 4.69) is 0 Å². The quantitative estimate of drug-likeness (QED) is 0.772. The Bertz CT molecular complexity index is 713. The first kappa shape index (κ1) is 19.3. The molecule has 0 atom stereocenters. The number of rotatable bonds is 6. The molecule has 0 amide bonds. The Morgan fingerprint density at radius 3 is 2.16 bits per heavy atom. The summed E-state index contributed by atoms with van der Waals surface area (Å²) in [5.74, 6) is -1.94. The van der Waals surface area contributed by atoms with Gasteiger partial charge in [0.15, 0.2) is 17.4 Å². The number of ether oxygens (including phenoxy) is 2. The van der Waals surface area contributed by atoms with E-state index in [9.17, 15) is 13.9 Å². The first-order valence-corrected chi connectivity index (χ1v) is 8.18. The van der Waals surface area contributed by atoms with Crippen molar-refractivity contribution in [3.63, 3.8) is 0 Å². The molecule has 0 aromatic heterocycles. The lowest BCUT2D eigenvalue weighted by Crippen LogP contribution is -2.22. The lowest BCUT2D eigenvalue weighted by molar-refractivity contribution is -0.0170. The van der Waals surface area contributed by atoms with E-state index in [1.807, 2.05) is 33.8 Å². The van der Waals surface area contributed by atoms with E-state index in [0.717, 1.165) is 11.1 Å². The average Bonchev–Trinajstić information content (AvgIpc) is 2.52. The van der Waals surface area contributed by atoms with Crippen molar-refractivity contribution >= 4 is 0 Å². The van der Waals surface area contributed by atoms with Crippen LogP contribution < -0.4 is 4.74 Å². The van der Waals surface area contributed by atoms with Crippen LogP contribution in [-0.2, 0) is 11.3 Å². The van der Waals surface area contributed by atoms with Gasteiger partial charge in [0, 0.05) is 0 Å². The van der Waals surface area contributed by atoms with Gasteiger partial charge in [-0.1, -0.05) is 12.1 Å². The highest BCUT2D eigenvalue weighted by Crippen LogP contribution is 2.30. The summed E-state index contributed by atoms with van der Waals surface area (Å²) in [5, 5.41) is 9.34. The molecule has 0 aliphatic heterocycles. The van der Waals surface area contributed by atoms with Crippen LogP contribution >= 0.6 is 0 Å². The SMILES string of the molecule is Cc1ccc(-c2cc(F)c(OCCOC(C)(C)C)c(F)c2)cc1CO. The highest BCUT2D eigenvalue weighted by Gasteiger charge is 2.15. The van der Waals surface area contributed by atoms with Crippen molar-refractivity contribution in [2.45, 2.75) is 39.9 Å². The van der Waals surface area contributed by atoms with Crippen LogP contribution in [0.4, 0.5) is 8.78 Å². The minimum atomic E-state index is -0.767. The van der Waals surface area contributed by atoms with Gasteiger partial charge in [-0.15, -0.1) is 0 Å². The maximum Gasteiger partial charge on any atom is 0.190 e. The third-order valence-corrected chi connectivity index (χ3v) is 3.72. The number of hydrogen-bond acceptors (Lipinski definition) is 3. The van der Waals surface area contributed by atoms with Crippen LogP contribution in [0, 0.1) is 18.6 Å². The zero-order valence-electron chi connectivity index (χ0n) is 15.0. The molecule has 0 radical (unpaired) electrons. The molecule has 0 saturated heterocycles. The molecular weight excluding hydrogens is 326 g/mol. The Balaban J connectivity index is 2.17. The van der Waals surface area contributed by atoms with Crippen LogP contribution in [0.5, 0.6) is 5.75 Å². The fourth-order valence-corrected chi connectivity index (χ4v) is 2.38. The molecule has 0 spiro atoms. The highest BCUT2D eigenvalue weighted by molar-refractivity contribution is 5.66. The summed E-state index contributed by atoms with van der Waals surface area (Å²) >= 11 is 0. The second kappa shape index (κ2) is 7.93. The number of aliphatic hydroxyl groups excluding tert-OH is 1. The normalized spacial score (nSPS) is 11.6. The van der Waals surface area contributed by atoms with Gasteiger partial charge in [-0.2, -0.15) is 0 Å². The Hall–Kier alpha value is -1.98. The van der Waals surface area contributed by atoms with Gasteiger partial charge < -0.3 is 14.6 Å². The Labute approximate surface area is 147 Å². The molecule has 0 aliphatic carbocycles. The van der Waals surface area contributed by atoms with Crippen LogP contribution in [-0.4, -0.2) is 23.9 Å². The summed E-state index contributed by atoms with van der Waals surface area (Å²) in [6.07, 6.45) is 0. The predicted molar refractivity (Wildman–Crippen MR) is 93.7 cm³/mol. The largest absolute Gasteiger partial charge is 0.485 e. The van der Waals surface area contributed by atoms with Crippen molar-refractivity contribution < 1.29 is 23.4 Å². The number of aryl methyl sites for hydroxylation is 1. The molecule has 2 aromatic carbocycles. The van der Waals surface area contributed by atoms with Crippen molar-refractivity contribution in [2.75, 3.05) is 13.2 Å². The number of halogens is 2. The van der Waals surface area contributed by atoms with Crippen LogP contribution in [0.2, 0.25) is 0 Å². The minimum Gasteiger partial charge on any atom is -0.485 e. The standard InChI is InChI=1S/C20H24F2O3/c1-13-5-6-14(9-16(13)12-23)15-10-17(21)19(18(22)11-15)24-7-8-25-20(2,3)4/h5-6,9-11,23H,7-8,12H2,1-4H3. The second-order valence-electron chi connectivity index (χ2n) is 6.88. The molecule has 136 valence electrons. The molecule has 2 aromatic rings. The molecule has 1 N–H and O–H groups in total. The molecule has 5 heteroatoms. The van der Waals surface area contributed by atoms with Gasteiger partial charge in [0.2, 0.25) is 0 Å². The molecule has 2 rings (SSSR count).